The van der Waals surface area contributed by atoms with Gasteiger partial charge in [0.2, 0.25) is 5.91 Å². The first-order valence-corrected chi connectivity index (χ1v) is 9.86. The molecule has 1 aliphatic rings. The molecule has 2 aromatic rings. The fraction of sp³-hybridized carbons (Fsp3) is 0.412. The number of benzene rings is 1. The predicted molar refractivity (Wildman–Crippen MR) is 94.4 cm³/mol. The Balaban J connectivity index is 1.63. The molecular weight excluding hydrogens is 359 g/mol. The molecule has 1 aromatic carbocycles. The molecule has 0 aliphatic carbocycles. The van der Waals surface area contributed by atoms with Crippen LogP contribution in [0.25, 0.3) is 0 Å². The summed E-state index contributed by atoms with van der Waals surface area (Å²) in [6.45, 7) is 3.00. The minimum absolute atomic E-state index is 0.0540. The number of carbonyl (C=O) groups is 1. The third-order valence-electron chi connectivity index (χ3n) is 4.41. The summed E-state index contributed by atoms with van der Waals surface area (Å²) in [5.74, 6) is -0.224. The standard InChI is InChI=1S/C17H21FN4O3S/c1-13-6-8-22(9-7-13)26(24,25)17-11-21(12-19-17)10-16(23)20-15-4-2-14(18)3-5-15/h2-5,11-13H,6-10H2,1H3,(H,20,23). The number of hydrogen-bond donors (Lipinski definition) is 1. The zero-order chi connectivity index (χ0) is 18.7. The summed E-state index contributed by atoms with van der Waals surface area (Å²) in [6.07, 6.45) is 4.35. The van der Waals surface area contributed by atoms with Gasteiger partial charge in [0.15, 0.2) is 5.03 Å². The van der Waals surface area contributed by atoms with Crippen molar-refractivity contribution in [3.63, 3.8) is 0 Å². The van der Waals surface area contributed by atoms with Crippen LogP contribution in [0.4, 0.5) is 10.1 Å². The Morgan fingerprint density at radius 2 is 1.92 bits per heavy atom. The maximum atomic E-state index is 12.9. The van der Waals surface area contributed by atoms with Crippen LogP contribution in [0.15, 0.2) is 41.8 Å². The van der Waals surface area contributed by atoms with E-state index < -0.39 is 10.0 Å². The van der Waals surface area contributed by atoms with E-state index in [2.05, 4.69) is 17.2 Å². The van der Waals surface area contributed by atoms with Crippen molar-refractivity contribution in [1.82, 2.24) is 13.9 Å². The van der Waals surface area contributed by atoms with E-state index in [1.807, 2.05) is 0 Å². The van der Waals surface area contributed by atoms with Gasteiger partial charge in [-0.25, -0.2) is 17.8 Å². The molecule has 7 nitrogen and oxygen atoms in total. The van der Waals surface area contributed by atoms with Crippen molar-refractivity contribution >= 4 is 21.6 Å². The molecule has 2 heterocycles. The second kappa shape index (κ2) is 7.55. The van der Waals surface area contributed by atoms with Gasteiger partial charge in [-0.2, -0.15) is 4.31 Å². The summed E-state index contributed by atoms with van der Waals surface area (Å²) in [4.78, 5) is 16.0. The zero-order valence-electron chi connectivity index (χ0n) is 14.4. The minimum Gasteiger partial charge on any atom is -0.327 e. The van der Waals surface area contributed by atoms with Crippen LogP contribution in [-0.4, -0.2) is 41.3 Å². The third-order valence-corrected chi connectivity index (χ3v) is 6.19. The number of rotatable bonds is 5. The minimum atomic E-state index is -3.64. The van der Waals surface area contributed by atoms with Crippen LogP contribution in [0.2, 0.25) is 0 Å². The number of piperidine rings is 1. The van der Waals surface area contributed by atoms with Gasteiger partial charge in [-0.15, -0.1) is 0 Å². The number of amides is 1. The molecular formula is C17H21FN4O3S. The highest BCUT2D eigenvalue weighted by Gasteiger charge is 2.29. The van der Waals surface area contributed by atoms with Crippen molar-refractivity contribution < 1.29 is 17.6 Å². The van der Waals surface area contributed by atoms with Crippen LogP contribution in [-0.2, 0) is 21.4 Å². The molecule has 0 atom stereocenters. The molecule has 9 heteroatoms. The van der Waals surface area contributed by atoms with Gasteiger partial charge in [-0.05, 0) is 43.0 Å². The molecule has 1 saturated heterocycles. The van der Waals surface area contributed by atoms with Crippen molar-refractivity contribution in [2.75, 3.05) is 18.4 Å². The molecule has 0 radical (unpaired) electrons. The van der Waals surface area contributed by atoms with E-state index in [0.717, 1.165) is 12.8 Å². The topological polar surface area (TPSA) is 84.3 Å². The number of imidazole rings is 1. The normalized spacial score (nSPS) is 16.5. The highest BCUT2D eigenvalue weighted by atomic mass is 32.2. The summed E-state index contributed by atoms with van der Waals surface area (Å²) in [6, 6.07) is 5.40. The van der Waals surface area contributed by atoms with E-state index in [0.29, 0.717) is 24.7 Å². The van der Waals surface area contributed by atoms with Crippen molar-refractivity contribution in [3.05, 3.63) is 42.6 Å². The number of aromatic nitrogens is 2. The van der Waals surface area contributed by atoms with Gasteiger partial charge in [0.05, 0.1) is 6.33 Å². The van der Waals surface area contributed by atoms with Gasteiger partial charge < -0.3 is 9.88 Å². The zero-order valence-corrected chi connectivity index (χ0v) is 15.2. The van der Waals surface area contributed by atoms with Crippen LogP contribution < -0.4 is 5.32 Å². The molecule has 1 aliphatic heterocycles. The molecule has 1 N–H and O–H groups in total. The summed E-state index contributed by atoms with van der Waals surface area (Å²) in [7, 11) is -3.64. The number of hydrogen-bond acceptors (Lipinski definition) is 4. The summed E-state index contributed by atoms with van der Waals surface area (Å²) in [5.41, 5.74) is 0.465. The number of nitrogens with zero attached hydrogens (tertiary/aromatic N) is 3. The number of sulfonamides is 1. The lowest BCUT2D eigenvalue weighted by Gasteiger charge is -2.28. The Bertz CT molecular complexity index is 872. The molecule has 1 fully saturated rings. The fourth-order valence-electron chi connectivity index (χ4n) is 2.82. The lowest BCUT2D eigenvalue weighted by atomic mass is 10.0. The van der Waals surface area contributed by atoms with Crippen LogP contribution in [0.1, 0.15) is 19.8 Å². The number of anilines is 1. The van der Waals surface area contributed by atoms with Crippen LogP contribution in [0.3, 0.4) is 0 Å². The number of halogens is 1. The Morgan fingerprint density at radius 1 is 1.27 bits per heavy atom. The molecule has 3 rings (SSSR count). The monoisotopic (exact) mass is 380 g/mol. The first-order valence-electron chi connectivity index (χ1n) is 8.42. The van der Waals surface area contributed by atoms with Gasteiger partial charge in [0.1, 0.15) is 12.4 Å². The van der Waals surface area contributed by atoms with Gasteiger partial charge in [0, 0.05) is 25.0 Å². The average Bonchev–Trinajstić information content (AvgIpc) is 3.06. The summed E-state index contributed by atoms with van der Waals surface area (Å²) in [5, 5.41) is 2.57. The van der Waals surface area contributed by atoms with E-state index in [4.69, 9.17) is 0 Å². The van der Waals surface area contributed by atoms with Crippen LogP contribution in [0.5, 0.6) is 0 Å². The summed E-state index contributed by atoms with van der Waals surface area (Å²) >= 11 is 0. The van der Waals surface area contributed by atoms with E-state index in [-0.39, 0.29) is 23.3 Å². The van der Waals surface area contributed by atoms with E-state index in [9.17, 15) is 17.6 Å². The highest BCUT2D eigenvalue weighted by molar-refractivity contribution is 7.89. The number of nitrogens with one attached hydrogen (secondary N) is 1. The molecule has 0 unspecified atom stereocenters. The predicted octanol–water partition coefficient (Wildman–Crippen LogP) is 2.08. The molecule has 1 amide bonds. The first-order chi connectivity index (χ1) is 12.3. The molecule has 0 spiro atoms. The quantitative estimate of drug-likeness (QED) is 0.861. The van der Waals surface area contributed by atoms with E-state index in [1.165, 1.54) is 45.7 Å². The maximum absolute atomic E-state index is 12.9. The lowest BCUT2D eigenvalue weighted by molar-refractivity contribution is -0.116. The Labute approximate surface area is 151 Å². The Hall–Kier alpha value is -2.26. The second-order valence-electron chi connectivity index (χ2n) is 6.53. The number of carbonyl (C=O) groups excluding carboxylic acids is 1. The Kier molecular flexibility index (Phi) is 5.38. The molecule has 140 valence electrons. The molecule has 0 bridgehead atoms. The van der Waals surface area contributed by atoms with Crippen molar-refractivity contribution in [2.24, 2.45) is 5.92 Å². The van der Waals surface area contributed by atoms with Gasteiger partial charge in [0.25, 0.3) is 10.0 Å². The van der Waals surface area contributed by atoms with Gasteiger partial charge >= 0.3 is 0 Å². The summed E-state index contributed by atoms with van der Waals surface area (Å²) < 4.78 is 41.0. The van der Waals surface area contributed by atoms with Crippen molar-refractivity contribution in [3.8, 4) is 0 Å². The fourth-order valence-corrected chi connectivity index (χ4v) is 4.22. The largest absolute Gasteiger partial charge is 0.327 e. The van der Waals surface area contributed by atoms with Crippen molar-refractivity contribution in [1.29, 1.82) is 0 Å². The highest BCUT2D eigenvalue weighted by Crippen LogP contribution is 2.22. The smallest absolute Gasteiger partial charge is 0.262 e. The molecule has 26 heavy (non-hydrogen) atoms. The second-order valence-corrected chi connectivity index (χ2v) is 8.41. The molecule has 0 saturated carbocycles. The van der Waals surface area contributed by atoms with E-state index in [1.54, 1.807) is 0 Å². The molecule has 1 aromatic heterocycles. The average molecular weight is 380 g/mol. The Morgan fingerprint density at radius 3 is 2.58 bits per heavy atom. The van der Waals surface area contributed by atoms with Gasteiger partial charge in [-0.1, -0.05) is 6.92 Å². The first kappa shape index (κ1) is 18.5. The van der Waals surface area contributed by atoms with E-state index >= 15 is 0 Å². The lowest BCUT2D eigenvalue weighted by Crippen LogP contribution is -2.38. The third kappa shape index (κ3) is 4.28. The SMILES string of the molecule is CC1CCN(S(=O)(=O)c2cn(CC(=O)Nc3ccc(F)cc3)cn2)CC1. The van der Waals surface area contributed by atoms with Crippen LogP contribution >= 0.6 is 0 Å². The maximum Gasteiger partial charge on any atom is 0.262 e. The van der Waals surface area contributed by atoms with Crippen molar-refractivity contribution in [2.45, 2.75) is 31.3 Å². The van der Waals surface area contributed by atoms with Crippen LogP contribution in [0, 0.1) is 11.7 Å². The van der Waals surface area contributed by atoms with Gasteiger partial charge in [-0.3, -0.25) is 4.79 Å².